The Kier molecular flexibility index (Phi) is 3.48. The lowest BCUT2D eigenvalue weighted by molar-refractivity contribution is 0.341. The van der Waals surface area contributed by atoms with Crippen molar-refractivity contribution in [2.24, 2.45) is 0 Å². The Morgan fingerprint density at radius 1 is 1.44 bits per heavy atom. The lowest BCUT2D eigenvalue weighted by Crippen LogP contribution is -2.19. The fourth-order valence-corrected chi connectivity index (χ4v) is 2.98. The Labute approximate surface area is 111 Å². The number of hydrogen-bond acceptors (Lipinski definition) is 4. The Bertz CT molecular complexity index is 534. The number of rotatable bonds is 6. The SMILES string of the molecule is CCOc1ccc2nc(CCNC3CC3)sc2c1. The van der Waals surface area contributed by atoms with Gasteiger partial charge in [0, 0.05) is 19.0 Å². The maximum atomic E-state index is 5.51. The van der Waals surface area contributed by atoms with Crippen molar-refractivity contribution in [3.05, 3.63) is 23.2 Å². The molecular weight excluding hydrogens is 244 g/mol. The number of benzene rings is 1. The van der Waals surface area contributed by atoms with E-state index in [0.717, 1.165) is 30.3 Å². The van der Waals surface area contributed by atoms with E-state index in [-0.39, 0.29) is 0 Å². The lowest BCUT2D eigenvalue weighted by Gasteiger charge is -2.00. The van der Waals surface area contributed by atoms with Crippen LogP contribution in [0.5, 0.6) is 5.75 Å². The zero-order valence-corrected chi connectivity index (χ0v) is 11.4. The van der Waals surface area contributed by atoms with Gasteiger partial charge in [-0.2, -0.15) is 0 Å². The average Bonchev–Trinajstić information content (AvgIpc) is 3.08. The molecule has 0 spiro atoms. The number of aromatic nitrogens is 1. The molecular formula is C14H18N2OS. The largest absolute Gasteiger partial charge is 0.494 e. The third-order valence-corrected chi connectivity index (χ3v) is 4.14. The Morgan fingerprint density at radius 3 is 3.11 bits per heavy atom. The molecule has 1 aromatic carbocycles. The van der Waals surface area contributed by atoms with Gasteiger partial charge in [-0.1, -0.05) is 0 Å². The highest BCUT2D eigenvalue weighted by molar-refractivity contribution is 7.18. The van der Waals surface area contributed by atoms with Crippen molar-refractivity contribution in [3.63, 3.8) is 0 Å². The minimum absolute atomic E-state index is 0.711. The molecule has 1 N–H and O–H groups in total. The van der Waals surface area contributed by atoms with Crippen LogP contribution >= 0.6 is 11.3 Å². The van der Waals surface area contributed by atoms with Crippen molar-refractivity contribution < 1.29 is 4.74 Å². The van der Waals surface area contributed by atoms with Crippen molar-refractivity contribution in [1.82, 2.24) is 10.3 Å². The molecule has 0 saturated heterocycles. The second kappa shape index (κ2) is 5.24. The third-order valence-electron chi connectivity index (χ3n) is 3.06. The van der Waals surface area contributed by atoms with Gasteiger partial charge in [-0.15, -0.1) is 11.3 Å². The fraction of sp³-hybridized carbons (Fsp3) is 0.500. The van der Waals surface area contributed by atoms with Crippen molar-refractivity contribution in [1.29, 1.82) is 0 Å². The summed E-state index contributed by atoms with van der Waals surface area (Å²) in [6, 6.07) is 6.92. The number of hydrogen-bond donors (Lipinski definition) is 1. The summed E-state index contributed by atoms with van der Waals surface area (Å²) in [5.41, 5.74) is 1.09. The predicted molar refractivity (Wildman–Crippen MR) is 75.5 cm³/mol. The first-order valence-corrected chi connectivity index (χ1v) is 7.42. The summed E-state index contributed by atoms with van der Waals surface area (Å²) in [5, 5.41) is 4.74. The zero-order valence-electron chi connectivity index (χ0n) is 10.6. The van der Waals surface area contributed by atoms with Crippen LogP contribution in [0.15, 0.2) is 18.2 Å². The van der Waals surface area contributed by atoms with Gasteiger partial charge in [0.1, 0.15) is 5.75 Å². The minimum atomic E-state index is 0.711. The highest BCUT2D eigenvalue weighted by Gasteiger charge is 2.19. The van der Waals surface area contributed by atoms with Gasteiger partial charge in [-0.25, -0.2) is 4.98 Å². The van der Waals surface area contributed by atoms with E-state index in [2.05, 4.69) is 22.4 Å². The predicted octanol–water partition coefficient (Wildman–Crippen LogP) is 2.99. The Morgan fingerprint density at radius 2 is 2.33 bits per heavy atom. The summed E-state index contributed by atoms with van der Waals surface area (Å²) in [6.07, 6.45) is 3.72. The summed E-state index contributed by atoms with van der Waals surface area (Å²) in [6.45, 7) is 3.76. The molecule has 4 heteroatoms. The number of nitrogens with zero attached hydrogens (tertiary/aromatic N) is 1. The first-order valence-electron chi connectivity index (χ1n) is 6.61. The van der Waals surface area contributed by atoms with Gasteiger partial charge in [-0.05, 0) is 38.0 Å². The second-order valence-electron chi connectivity index (χ2n) is 4.65. The number of ether oxygens (including phenoxy) is 1. The van der Waals surface area contributed by atoms with Crippen molar-refractivity contribution >= 4 is 21.6 Å². The van der Waals surface area contributed by atoms with Gasteiger partial charge in [0.2, 0.25) is 0 Å². The maximum absolute atomic E-state index is 5.51. The first kappa shape index (κ1) is 11.9. The molecule has 1 aliphatic rings. The highest BCUT2D eigenvalue weighted by Crippen LogP contribution is 2.26. The zero-order chi connectivity index (χ0) is 12.4. The van der Waals surface area contributed by atoms with Gasteiger partial charge in [-0.3, -0.25) is 0 Å². The van der Waals surface area contributed by atoms with Gasteiger partial charge in [0.25, 0.3) is 0 Å². The van der Waals surface area contributed by atoms with E-state index < -0.39 is 0 Å². The second-order valence-corrected chi connectivity index (χ2v) is 5.76. The summed E-state index contributed by atoms with van der Waals surface area (Å²) >= 11 is 1.78. The molecule has 0 bridgehead atoms. The molecule has 2 aromatic rings. The average molecular weight is 262 g/mol. The summed E-state index contributed by atoms with van der Waals surface area (Å²) < 4.78 is 6.74. The summed E-state index contributed by atoms with van der Waals surface area (Å²) in [4.78, 5) is 4.65. The molecule has 1 fully saturated rings. The topological polar surface area (TPSA) is 34.1 Å². The smallest absolute Gasteiger partial charge is 0.120 e. The van der Waals surface area contributed by atoms with Crippen LogP contribution in [0.3, 0.4) is 0 Å². The van der Waals surface area contributed by atoms with E-state index >= 15 is 0 Å². The standard InChI is InChI=1S/C14H18N2OS/c1-2-17-11-5-6-12-13(9-11)18-14(16-12)7-8-15-10-3-4-10/h5-6,9-10,15H,2-4,7-8H2,1H3. The van der Waals surface area contributed by atoms with E-state index in [1.54, 1.807) is 11.3 Å². The Hall–Kier alpha value is -1.13. The molecule has 0 atom stereocenters. The molecule has 0 aliphatic heterocycles. The molecule has 1 saturated carbocycles. The minimum Gasteiger partial charge on any atom is -0.494 e. The molecule has 1 aromatic heterocycles. The molecule has 1 aliphatic carbocycles. The van der Waals surface area contributed by atoms with E-state index in [0.29, 0.717) is 6.61 Å². The van der Waals surface area contributed by atoms with Crippen molar-refractivity contribution in [3.8, 4) is 5.75 Å². The van der Waals surface area contributed by atoms with Gasteiger partial charge in [0.05, 0.1) is 21.8 Å². The molecule has 3 nitrogen and oxygen atoms in total. The van der Waals surface area contributed by atoms with Crippen LogP contribution in [0, 0.1) is 0 Å². The van der Waals surface area contributed by atoms with Crippen molar-refractivity contribution in [2.75, 3.05) is 13.2 Å². The van der Waals surface area contributed by atoms with Crippen molar-refractivity contribution in [2.45, 2.75) is 32.2 Å². The third kappa shape index (κ3) is 2.82. The van der Waals surface area contributed by atoms with E-state index in [9.17, 15) is 0 Å². The van der Waals surface area contributed by atoms with Crippen LogP contribution in [0.4, 0.5) is 0 Å². The van der Waals surface area contributed by atoms with Crippen LogP contribution in [0.2, 0.25) is 0 Å². The van der Waals surface area contributed by atoms with Gasteiger partial charge in [0.15, 0.2) is 0 Å². The molecule has 0 amide bonds. The molecule has 18 heavy (non-hydrogen) atoms. The van der Waals surface area contributed by atoms with Gasteiger partial charge >= 0.3 is 0 Å². The normalized spacial score (nSPS) is 15.2. The number of fused-ring (bicyclic) bond motifs is 1. The lowest BCUT2D eigenvalue weighted by atomic mass is 10.3. The molecule has 3 rings (SSSR count). The van der Waals surface area contributed by atoms with Crippen LogP contribution in [-0.4, -0.2) is 24.2 Å². The molecule has 96 valence electrons. The van der Waals surface area contributed by atoms with Crippen LogP contribution in [0.1, 0.15) is 24.8 Å². The van der Waals surface area contributed by atoms with Crippen LogP contribution in [-0.2, 0) is 6.42 Å². The number of nitrogens with one attached hydrogen (secondary N) is 1. The fourth-order valence-electron chi connectivity index (χ4n) is 1.99. The summed E-state index contributed by atoms with van der Waals surface area (Å²) in [7, 11) is 0. The summed E-state index contributed by atoms with van der Waals surface area (Å²) in [5.74, 6) is 0.941. The van der Waals surface area contributed by atoms with Gasteiger partial charge < -0.3 is 10.1 Å². The van der Waals surface area contributed by atoms with Crippen LogP contribution in [0.25, 0.3) is 10.2 Å². The first-order chi connectivity index (χ1) is 8.85. The molecule has 1 heterocycles. The van der Waals surface area contributed by atoms with E-state index in [1.807, 2.05) is 13.0 Å². The highest BCUT2D eigenvalue weighted by atomic mass is 32.1. The molecule has 0 unspecified atom stereocenters. The van der Waals surface area contributed by atoms with E-state index in [4.69, 9.17) is 4.74 Å². The van der Waals surface area contributed by atoms with Crippen LogP contribution < -0.4 is 10.1 Å². The molecule has 0 radical (unpaired) electrons. The monoisotopic (exact) mass is 262 g/mol. The maximum Gasteiger partial charge on any atom is 0.120 e. The quantitative estimate of drug-likeness (QED) is 0.869. The van der Waals surface area contributed by atoms with E-state index in [1.165, 1.54) is 22.5 Å². The Balaban J connectivity index is 1.68. The number of thiazole rings is 1.